The van der Waals surface area contributed by atoms with E-state index in [1.165, 1.54) is 24.3 Å². The first-order valence-electron chi connectivity index (χ1n) is 15.2. The van der Waals surface area contributed by atoms with E-state index >= 15 is 8.78 Å². The van der Waals surface area contributed by atoms with Gasteiger partial charge in [0.25, 0.3) is 0 Å². The van der Waals surface area contributed by atoms with Crippen LogP contribution in [0.5, 0.6) is 0 Å². The molecule has 2 aliphatic rings. The topological polar surface area (TPSA) is 71.3 Å². The maximum absolute atomic E-state index is 16.3. The van der Waals surface area contributed by atoms with Crippen LogP contribution in [0.3, 0.4) is 0 Å². The molecule has 2 aromatic carbocycles. The first-order chi connectivity index (χ1) is 20.4. The largest absolute Gasteiger partial charge is 0.459 e. The van der Waals surface area contributed by atoms with E-state index in [1.807, 2.05) is 0 Å². The summed E-state index contributed by atoms with van der Waals surface area (Å²) in [5, 5.41) is 14.9. The quantitative estimate of drug-likeness (QED) is 0.226. The van der Waals surface area contributed by atoms with Crippen molar-refractivity contribution in [3.8, 4) is 6.07 Å². The molecule has 44 heavy (non-hydrogen) atoms. The van der Waals surface area contributed by atoms with Crippen molar-refractivity contribution in [2.24, 2.45) is 17.3 Å². The third-order valence-corrected chi connectivity index (χ3v) is 10.1. The van der Waals surface area contributed by atoms with E-state index < -0.39 is 55.7 Å². The van der Waals surface area contributed by atoms with Crippen molar-refractivity contribution in [2.45, 2.75) is 109 Å². The van der Waals surface area contributed by atoms with Crippen molar-refractivity contribution in [3.63, 3.8) is 0 Å². The van der Waals surface area contributed by atoms with E-state index in [2.05, 4.69) is 45.3 Å². The van der Waals surface area contributed by atoms with Crippen molar-refractivity contribution >= 4 is 38.2 Å². The number of nitriles is 1. The smallest absolute Gasteiger partial charge is 0.324 e. The monoisotopic (exact) mass is 663 g/mol. The second-order valence-electron chi connectivity index (χ2n) is 14.5. The second-order valence-corrected chi connectivity index (χ2v) is 17.4. The molecule has 0 amide bonds. The van der Waals surface area contributed by atoms with Gasteiger partial charge in [0, 0.05) is 28.5 Å². The summed E-state index contributed by atoms with van der Waals surface area (Å²) in [5.41, 5.74) is -2.95. The molecule has 6 atom stereocenters. The predicted octanol–water partition coefficient (Wildman–Crippen LogP) is 8.60. The van der Waals surface area contributed by atoms with Crippen LogP contribution in [0.15, 0.2) is 36.4 Å². The van der Waals surface area contributed by atoms with Gasteiger partial charge in [0.05, 0.1) is 17.2 Å². The number of rotatable bonds is 8. The fourth-order valence-electron chi connectivity index (χ4n) is 7.01. The van der Waals surface area contributed by atoms with Crippen LogP contribution in [0, 0.1) is 40.2 Å². The molecule has 1 saturated heterocycles. The average Bonchev–Trinajstić information content (AvgIpc) is 3.20. The summed E-state index contributed by atoms with van der Waals surface area (Å²) in [5.74, 6) is -3.52. The molecule has 1 saturated carbocycles. The minimum absolute atomic E-state index is 0.0350. The highest BCUT2D eigenvalue weighted by atomic mass is 35.5. The molecule has 2 unspecified atom stereocenters. The molecule has 2 aromatic rings. The van der Waals surface area contributed by atoms with Crippen LogP contribution in [0.1, 0.15) is 77.8 Å². The van der Waals surface area contributed by atoms with E-state index in [4.69, 9.17) is 32.4 Å². The minimum atomic E-state index is -1.77. The molecule has 2 fully saturated rings. The Labute approximate surface area is 272 Å². The van der Waals surface area contributed by atoms with Gasteiger partial charge in [-0.15, -0.1) is 0 Å². The summed E-state index contributed by atoms with van der Waals surface area (Å²) in [4.78, 5) is 14.1. The lowest BCUT2D eigenvalue weighted by atomic mass is 9.56. The van der Waals surface area contributed by atoms with Crippen LogP contribution in [0.25, 0.3) is 0 Å². The third-order valence-electron chi connectivity index (χ3n) is 8.86. The number of nitrogens with one attached hydrogen (secondary N) is 1. The molecule has 1 radical (unpaired) electrons. The van der Waals surface area contributed by atoms with Crippen LogP contribution < -0.4 is 5.32 Å². The minimum Gasteiger partial charge on any atom is -0.459 e. The van der Waals surface area contributed by atoms with Gasteiger partial charge in [0.2, 0.25) is 9.04 Å². The Morgan fingerprint density at radius 3 is 2.27 bits per heavy atom. The summed E-state index contributed by atoms with van der Waals surface area (Å²) in [6.45, 7) is 15.7. The molecule has 0 aromatic heterocycles. The van der Waals surface area contributed by atoms with Crippen LogP contribution in [0.2, 0.25) is 23.1 Å². The molecule has 1 heterocycles. The molecular weight excluding hydrogens is 621 g/mol. The van der Waals surface area contributed by atoms with Crippen molar-refractivity contribution in [3.05, 3.63) is 69.2 Å². The first-order valence-corrected chi connectivity index (χ1v) is 18.3. The van der Waals surface area contributed by atoms with Crippen molar-refractivity contribution in [1.82, 2.24) is 5.32 Å². The number of hydrogen-bond acceptors (Lipinski definition) is 5. The highest BCUT2D eigenvalue weighted by molar-refractivity contribution is 6.48. The molecular formula is C34H43Cl2F2N2O3Si. The zero-order valence-electron chi connectivity index (χ0n) is 26.7. The van der Waals surface area contributed by atoms with Gasteiger partial charge in [-0.2, -0.15) is 5.26 Å². The molecule has 1 N–H and O–H groups in total. The van der Waals surface area contributed by atoms with Gasteiger partial charge in [-0.25, -0.2) is 8.78 Å². The third kappa shape index (κ3) is 6.73. The zero-order chi connectivity index (χ0) is 32.8. The van der Waals surface area contributed by atoms with E-state index in [0.717, 1.165) is 25.3 Å². The van der Waals surface area contributed by atoms with Crippen LogP contribution >= 0.6 is 23.2 Å². The zero-order valence-corrected chi connectivity index (χ0v) is 29.2. The Morgan fingerprint density at radius 2 is 1.77 bits per heavy atom. The second kappa shape index (κ2) is 13.0. The molecule has 1 aliphatic heterocycles. The van der Waals surface area contributed by atoms with Gasteiger partial charge in [0.1, 0.15) is 28.7 Å². The molecule has 239 valence electrons. The number of halogens is 4. The number of hydrogen-bond donors (Lipinski definition) is 1. The Bertz CT molecular complexity index is 1420. The number of esters is 1. The van der Waals surface area contributed by atoms with Gasteiger partial charge in [-0.1, -0.05) is 81.4 Å². The maximum Gasteiger partial charge on any atom is 0.324 e. The van der Waals surface area contributed by atoms with Gasteiger partial charge >= 0.3 is 5.97 Å². The van der Waals surface area contributed by atoms with Crippen molar-refractivity contribution in [1.29, 1.82) is 5.26 Å². The van der Waals surface area contributed by atoms with Gasteiger partial charge < -0.3 is 9.16 Å². The van der Waals surface area contributed by atoms with E-state index in [0.29, 0.717) is 0 Å². The van der Waals surface area contributed by atoms with E-state index in [-0.39, 0.29) is 44.5 Å². The van der Waals surface area contributed by atoms with Gasteiger partial charge in [0.15, 0.2) is 0 Å². The number of carbonyl (C=O) groups is 1. The van der Waals surface area contributed by atoms with Crippen molar-refractivity contribution < 1.29 is 22.7 Å². The van der Waals surface area contributed by atoms with Crippen molar-refractivity contribution in [2.75, 3.05) is 0 Å². The van der Waals surface area contributed by atoms with E-state index in [9.17, 15) is 10.1 Å². The van der Waals surface area contributed by atoms with Crippen LogP contribution in [-0.2, 0) is 19.4 Å². The average molecular weight is 665 g/mol. The lowest BCUT2D eigenvalue weighted by molar-refractivity contribution is -0.157. The first kappa shape index (κ1) is 34.8. The molecule has 1 aliphatic carbocycles. The normalized spacial score (nSPS) is 25.8. The summed E-state index contributed by atoms with van der Waals surface area (Å²) >= 11 is 12.5. The van der Waals surface area contributed by atoms with Crippen LogP contribution in [-0.4, -0.2) is 38.8 Å². The number of ether oxygens (including phenoxy) is 1. The fraction of sp³-hybridized carbons (Fsp3) is 0.588. The summed E-state index contributed by atoms with van der Waals surface area (Å²) in [6.07, 6.45) is 2.45. The molecule has 0 spiro atoms. The Kier molecular flexibility index (Phi) is 10.3. The predicted molar refractivity (Wildman–Crippen MR) is 172 cm³/mol. The Hall–Kier alpha value is -2.02. The molecule has 0 bridgehead atoms. The summed E-state index contributed by atoms with van der Waals surface area (Å²) in [7, 11) is -1.23. The standard InChI is InChI=1S/C34H43Cl2F2N2O3Si/c1-32(2,3)30(43-44(7)8)25(19-11-9-12-19)29-34(18-39,22-16-15-20(35)17-24(22)37)26(21-13-10-14-23(36)27(21)38)28(40-29)31(41)42-33(4,5)6/h10,13-17,19,25-26,28-30,40H,9,11-12H2,1-8H3/t25?,26-,28+,29-,30?,34+/m0/s1. The molecule has 10 heteroatoms. The SMILES string of the molecule is C[Si](C)OC(C(C1CCC1)[C@@H]1N[C@@H](C(=O)OC(C)(C)C)[C@H](c2cccc(Cl)c2F)[C@@]1(C#N)c1ccc(Cl)cc1F)C(C)(C)C. The molecule has 4 rings (SSSR count). The highest BCUT2D eigenvalue weighted by Crippen LogP contribution is 2.57. The highest BCUT2D eigenvalue weighted by Gasteiger charge is 2.65. The molecule has 5 nitrogen and oxygen atoms in total. The van der Waals surface area contributed by atoms with Gasteiger partial charge in [-0.3, -0.25) is 10.1 Å². The lowest BCUT2D eigenvalue weighted by Gasteiger charge is -2.50. The lowest BCUT2D eigenvalue weighted by Crippen LogP contribution is -2.58. The van der Waals surface area contributed by atoms with E-state index in [1.54, 1.807) is 26.8 Å². The van der Waals surface area contributed by atoms with Gasteiger partial charge in [-0.05, 0) is 69.0 Å². The Morgan fingerprint density at radius 1 is 1.11 bits per heavy atom. The number of benzene rings is 2. The summed E-state index contributed by atoms with van der Waals surface area (Å²) < 4.78 is 45.0. The van der Waals surface area contributed by atoms with Crippen LogP contribution in [0.4, 0.5) is 8.78 Å². The number of nitrogens with zero attached hydrogens (tertiary/aromatic N) is 1. The Balaban J connectivity index is 2.10. The fourth-order valence-corrected chi connectivity index (χ4v) is 8.37. The number of carbonyl (C=O) groups excluding carboxylic acids is 1. The summed E-state index contributed by atoms with van der Waals surface area (Å²) in [6, 6.07) is 9.14. The maximum atomic E-state index is 16.3.